The Kier molecular flexibility index (Phi) is 2.73. The number of nitrogens with one attached hydrogen (secondary N) is 2. The van der Waals surface area contributed by atoms with Crippen LogP contribution in [0.5, 0.6) is 0 Å². The fourth-order valence-electron chi connectivity index (χ4n) is 1.77. The molecule has 0 aliphatic carbocycles. The Hall–Kier alpha value is -1.35. The van der Waals surface area contributed by atoms with Crippen LogP contribution in [0, 0.1) is 6.92 Å². The summed E-state index contributed by atoms with van der Waals surface area (Å²) in [7, 11) is 1.99. The van der Waals surface area contributed by atoms with Crippen molar-refractivity contribution in [3.05, 3.63) is 29.5 Å². The molecule has 2 rings (SSSR count). The van der Waals surface area contributed by atoms with E-state index in [1.54, 1.807) is 0 Å². The van der Waals surface area contributed by atoms with Gasteiger partial charge in [0.25, 0.3) is 0 Å². The van der Waals surface area contributed by atoms with Gasteiger partial charge in [0.2, 0.25) is 0 Å². The summed E-state index contributed by atoms with van der Waals surface area (Å²) in [6.45, 7) is 4.23. The van der Waals surface area contributed by atoms with Gasteiger partial charge in [-0.15, -0.1) is 0 Å². The van der Waals surface area contributed by atoms with Gasteiger partial charge < -0.3 is 5.32 Å². The molecule has 1 aromatic heterocycles. The maximum Gasteiger partial charge on any atom is 0.0926 e. The van der Waals surface area contributed by atoms with Crippen LogP contribution in [0.4, 0.5) is 0 Å². The normalized spacial score (nSPS) is 13.3. The Labute approximate surface area is 89.9 Å². The fraction of sp³-hybridized carbons (Fsp3) is 0.417. The van der Waals surface area contributed by atoms with E-state index in [-0.39, 0.29) is 0 Å². The van der Waals surface area contributed by atoms with E-state index in [0.717, 1.165) is 17.6 Å². The summed E-state index contributed by atoms with van der Waals surface area (Å²) in [5, 5.41) is 11.7. The average Bonchev–Trinajstić information content (AvgIpc) is 2.60. The zero-order valence-corrected chi connectivity index (χ0v) is 9.46. The molecule has 2 aromatic rings. The Morgan fingerprint density at radius 1 is 1.47 bits per heavy atom. The standard InChI is InChI=1S/C12H17N3/c1-8(13-3)6-10-4-5-11-9(2)14-15-12(11)7-10/h4-5,7-8,13H,6H2,1-3H3,(H,14,15). The first kappa shape index (κ1) is 10.2. The maximum absolute atomic E-state index is 4.27. The lowest BCUT2D eigenvalue weighted by atomic mass is 10.1. The first-order valence-electron chi connectivity index (χ1n) is 5.31. The van der Waals surface area contributed by atoms with E-state index in [1.165, 1.54) is 10.9 Å². The van der Waals surface area contributed by atoms with Gasteiger partial charge in [-0.3, -0.25) is 5.10 Å². The second kappa shape index (κ2) is 4.03. The number of H-pyrrole nitrogens is 1. The van der Waals surface area contributed by atoms with Crippen LogP contribution in [0.1, 0.15) is 18.2 Å². The van der Waals surface area contributed by atoms with Crippen LogP contribution >= 0.6 is 0 Å². The topological polar surface area (TPSA) is 40.7 Å². The smallest absolute Gasteiger partial charge is 0.0926 e. The summed E-state index contributed by atoms with van der Waals surface area (Å²) >= 11 is 0. The number of hydrogen-bond donors (Lipinski definition) is 2. The lowest BCUT2D eigenvalue weighted by Gasteiger charge is -2.09. The zero-order chi connectivity index (χ0) is 10.8. The molecule has 0 aliphatic rings. The molecule has 0 radical (unpaired) electrons. The molecule has 0 saturated carbocycles. The number of fused-ring (bicyclic) bond motifs is 1. The molecule has 15 heavy (non-hydrogen) atoms. The number of benzene rings is 1. The Balaban J connectivity index is 2.31. The first-order valence-corrected chi connectivity index (χ1v) is 5.31. The molecule has 0 fully saturated rings. The number of aryl methyl sites for hydroxylation is 1. The molecule has 0 saturated heterocycles. The summed E-state index contributed by atoms with van der Waals surface area (Å²) in [5.74, 6) is 0. The lowest BCUT2D eigenvalue weighted by Crippen LogP contribution is -2.23. The molecule has 2 N–H and O–H groups in total. The van der Waals surface area contributed by atoms with Gasteiger partial charge in [0.15, 0.2) is 0 Å². The van der Waals surface area contributed by atoms with Gasteiger partial charge in [0.1, 0.15) is 0 Å². The van der Waals surface area contributed by atoms with Crippen molar-refractivity contribution in [1.29, 1.82) is 0 Å². The van der Waals surface area contributed by atoms with Crippen LogP contribution < -0.4 is 5.32 Å². The third-order valence-electron chi connectivity index (χ3n) is 2.84. The van der Waals surface area contributed by atoms with E-state index in [1.807, 2.05) is 14.0 Å². The van der Waals surface area contributed by atoms with E-state index in [9.17, 15) is 0 Å². The predicted molar refractivity (Wildman–Crippen MR) is 63.1 cm³/mol. The molecule has 0 aliphatic heterocycles. The van der Waals surface area contributed by atoms with Gasteiger partial charge in [-0.25, -0.2) is 0 Å². The lowest BCUT2D eigenvalue weighted by molar-refractivity contribution is 0.609. The molecule has 1 heterocycles. The van der Waals surface area contributed by atoms with Crippen molar-refractivity contribution in [3.63, 3.8) is 0 Å². The van der Waals surface area contributed by atoms with Crippen LogP contribution in [0.2, 0.25) is 0 Å². The zero-order valence-electron chi connectivity index (χ0n) is 9.46. The van der Waals surface area contributed by atoms with Crippen LogP contribution in [-0.4, -0.2) is 23.3 Å². The van der Waals surface area contributed by atoms with Gasteiger partial charge in [-0.2, -0.15) is 5.10 Å². The van der Waals surface area contributed by atoms with E-state index in [0.29, 0.717) is 6.04 Å². The number of aromatic nitrogens is 2. The maximum atomic E-state index is 4.27. The summed E-state index contributed by atoms with van der Waals surface area (Å²) in [6, 6.07) is 6.99. The van der Waals surface area contributed by atoms with Crippen molar-refractivity contribution in [2.24, 2.45) is 0 Å². The highest BCUT2D eigenvalue weighted by Crippen LogP contribution is 2.17. The second-order valence-corrected chi connectivity index (χ2v) is 4.09. The Morgan fingerprint density at radius 3 is 3.00 bits per heavy atom. The molecule has 1 aromatic carbocycles. The number of rotatable bonds is 3. The van der Waals surface area contributed by atoms with Crippen LogP contribution in [0.25, 0.3) is 10.9 Å². The molecule has 1 atom stereocenters. The van der Waals surface area contributed by atoms with Crippen molar-refractivity contribution >= 4 is 10.9 Å². The van der Waals surface area contributed by atoms with Crippen LogP contribution in [0.3, 0.4) is 0 Å². The van der Waals surface area contributed by atoms with Gasteiger partial charge in [0.05, 0.1) is 5.52 Å². The Morgan fingerprint density at radius 2 is 2.27 bits per heavy atom. The molecule has 3 heteroatoms. The Bertz CT molecular complexity index is 459. The molecule has 0 bridgehead atoms. The predicted octanol–water partition coefficient (Wildman–Crippen LogP) is 2.02. The van der Waals surface area contributed by atoms with E-state index < -0.39 is 0 Å². The summed E-state index contributed by atoms with van der Waals surface area (Å²) in [5.41, 5.74) is 3.53. The minimum atomic E-state index is 0.502. The van der Waals surface area contributed by atoms with Crippen molar-refractivity contribution in [2.75, 3.05) is 7.05 Å². The van der Waals surface area contributed by atoms with Crippen molar-refractivity contribution in [3.8, 4) is 0 Å². The van der Waals surface area contributed by atoms with Crippen LogP contribution in [0.15, 0.2) is 18.2 Å². The summed E-state index contributed by atoms with van der Waals surface area (Å²) in [4.78, 5) is 0. The largest absolute Gasteiger partial charge is 0.317 e. The fourth-order valence-corrected chi connectivity index (χ4v) is 1.77. The van der Waals surface area contributed by atoms with Gasteiger partial charge in [-0.05, 0) is 38.9 Å². The van der Waals surface area contributed by atoms with Gasteiger partial charge >= 0.3 is 0 Å². The van der Waals surface area contributed by atoms with Gasteiger partial charge in [0, 0.05) is 17.1 Å². The molecular weight excluding hydrogens is 186 g/mol. The minimum Gasteiger partial charge on any atom is -0.317 e. The molecule has 0 amide bonds. The molecule has 3 nitrogen and oxygen atoms in total. The van der Waals surface area contributed by atoms with Gasteiger partial charge in [-0.1, -0.05) is 12.1 Å². The molecule has 1 unspecified atom stereocenters. The number of likely N-dealkylation sites (N-methyl/N-ethyl adjacent to an activating group) is 1. The highest BCUT2D eigenvalue weighted by Gasteiger charge is 2.04. The quantitative estimate of drug-likeness (QED) is 0.801. The third kappa shape index (κ3) is 2.02. The highest BCUT2D eigenvalue weighted by molar-refractivity contribution is 5.81. The average molecular weight is 203 g/mol. The van der Waals surface area contributed by atoms with E-state index >= 15 is 0 Å². The molecular formula is C12H17N3. The van der Waals surface area contributed by atoms with Crippen molar-refractivity contribution in [1.82, 2.24) is 15.5 Å². The number of hydrogen-bond acceptors (Lipinski definition) is 2. The second-order valence-electron chi connectivity index (χ2n) is 4.09. The van der Waals surface area contributed by atoms with E-state index in [4.69, 9.17) is 0 Å². The van der Waals surface area contributed by atoms with E-state index in [2.05, 4.69) is 40.6 Å². The first-order chi connectivity index (χ1) is 7.20. The minimum absolute atomic E-state index is 0.502. The third-order valence-corrected chi connectivity index (χ3v) is 2.84. The monoisotopic (exact) mass is 203 g/mol. The molecule has 80 valence electrons. The highest BCUT2D eigenvalue weighted by atomic mass is 15.1. The number of aromatic amines is 1. The van der Waals surface area contributed by atoms with Crippen molar-refractivity contribution < 1.29 is 0 Å². The summed E-state index contributed by atoms with van der Waals surface area (Å²) < 4.78 is 0. The SMILES string of the molecule is CNC(C)Cc1ccc2c(C)[nH]nc2c1. The van der Waals surface area contributed by atoms with Crippen molar-refractivity contribution in [2.45, 2.75) is 26.3 Å². The summed E-state index contributed by atoms with van der Waals surface area (Å²) in [6.07, 6.45) is 1.04. The number of nitrogens with zero attached hydrogens (tertiary/aromatic N) is 1. The van der Waals surface area contributed by atoms with Crippen LogP contribution in [-0.2, 0) is 6.42 Å². The molecule has 0 spiro atoms.